The Balaban J connectivity index is 1.78. The number of carbonyl (C=O) groups is 1. The zero-order valence-electron chi connectivity index (χ0n) is 15.9. The van der Waals surface area contributed by atoms with Crippen LogP contribution in [0.1, 0.15) is 79.8 Å². The fourth-order valence-corrected chi connectivity index (χ4v) is 3.02. The van der Waals surface area contributed by atoms with Crippen molar-refractivity contribution < 1.29 is 14.6 Å². The van der Waals surface area contributed by atoms with Crippen molar-refractivity contribution in [3.63, 3.8) is 0 Å². The summed E-state index contributed by atoms with van der Waals surface area (Å²) in [6, 6.07) is 15.1. The van der Waals surface area contributed by atoms with E-state index in [1.54, 1.807) is 24.3 Å². The van der Waals surface area contributed by atoms with E-state index in [-0.39, 0.29) is 0 Å². The zero-order chi connectivity index (χ0) is 18.8. The Hall–Kier alpha value is -2.29. The number of rotatable bonds is 11. The van der Waals surface area contributed by atoms with E-state index in [1.807, 2.05) is 12.1 Å². The molecule has 0 heterocycles. The summed E-state index contributed by atoms with van der Waals surface area (Å²) in [4.78, 5) is 10.9. The normalized spacial score (nSPS) is 11.9. The lowest BCUT2D eigenvalue weighted by atomic mass is 9.95. The molecular formula is C23H30O3. The van der Waals surface area contributed by atoms with Gasteiger partial charge in [0, 0.05) is 0 Å². The molecule has 0 saturated carbocycles. The van der Waals surface area contributed by atoms with Gasteiger partial charge < -0.3 is 9.84 Å². The molecule has 0 saturated heterocycles. The van der Waals surface area contributed by atoms with Gasteiger partial charge in [-0.2, -0.15) is 0 Å². The van der Waals surface area contributed by atoms with Gasteiger partial charge in [0.2, 0.25) is 0 Å². The highest BCUT2D eigenvalue weighted by Crippen LogP contribution is 2.24. The van der Waals surface area contributed by atoms with Crippen LogP contribution in [-0.2, 0) is 6.61 Å². The van der Waals surface area contributed by atoms with Crippen LogP contribution in [0, 0.1) is 0 Å². The Morgan fingerprint density at radius 2 is 1.62 bits per heavy atom. The minimum atomic E-state index is -0.910. The van der Waals surface area contributed by atoms with Crippen molar-refractivity contribution in [2.24, 2.45) is 0 Å². The molecule has 0 aliphatic carbocycles. The summed E-state index contributed by atoms with van der Waals surface area (Å²) in [6.45, 7) is 4.98. The smallest absolute Gasteiger partial charge is 0.335 e. The van der Waals surface area contributed by atoms with E-state index < -0.39 is 5.97 Å². The van der Waals surface area contributed by atoms with Crippen molar-refractivity contribution in [2.75, 3.05) is 0 Å². The number of hydrogen-bond acceptors (Lipinski definition) is 2. The Bertz CT molecular complexity index is 659. The average Bonchev–Trinajstić information content (AvgIpc) is 2.66. The second-order valence-electron chi connectivity index (χ2n) is 6.96. The SMILES string of the molecule is CCCCCCCC(C)c1ccc(OCc2ccc(C(=O)O)cc2)cc1. The molecule has 1 N–H and O–H groups in total. The van der Waals surface area contributed by atoms with Crippen LogP contribution in [0.25, 0.3) is 0 Å². The van der Waals surface area contributed by atoms with E-state index in [0.717, 1.165) is 11.3 Å². The summed E-state index contributed by atoms with van der Waals surface area (Å²) in [5.74, 6) is 0.507. The summed E-state index contributed by atoms with van der Waals surface area (Å²) < 4.78 is 5.81. The molecule has 2 aromatic rings. The van der Waals surface area contributed by atoms with Gasteiger partial charge in [-0.3, -0.25) is 0 Å². The van der Waals surface area contributed by atoms with E-state index in [0.29, 0.717) is 18.1 Å². The highest BCUT2D eigenvalue weighted by atomic mass is 16.5. The molecule has 1 atom stereocenters. The number of aromatic carboxylic acids is 1. The zero-order valence-corrected chi connectivity index (χ0v) is 15.9. The number of ether oxygens (including phenoxy) is 1. The van der Waals surface area contributed by atoms with Crippen molar-refractivity contribution in [1.29, 1.82) is 0 Å². The quantitative estimate of drug-likeness (QED) is 0.473. The molecule has 2 aromatic carbocycles. The van der Waals surface area contributed by atoms with E-state index >= 15 is 0 Å². The highest BCUT2D eigenvalue weighted by Gasteiger charge is 2.06. The lowest BCUT2D eigenvalue weighted by molar-refractivity contribution is 0.0697. The van der Waals surface area contributed by atoms with Gasteiger partial charge in [-0.1, -0.05) is 70.2 Å². The van der Waals surface area contributed by atoms with E-state index in [4.69, 9.17) is 9.84 Å². The van der Waals surface area contributed by atoms with Crippen LogP contribution >= 0.6 is 0 Å². The van der Waals surface area contributed by atoms with Crippen LogP contribution in [0.4, 0.5) is 0 Å². The molecule has 0 bridgehead atoms. The third kappa shape index (κ3) is 6.55. The molecule has 140 valence electrons. The van der Waals surface area contributed by atoms with Crippen molar-refractivity contribution in [2.45, 2.75) is 64.9 Å². The molecule has 0 aliphatic rings. The number of carboxylic acid groups (broad SMARTS) is 1. The van der Waals surface area contributed by atoms with Crippen molar-refractivity contribution in [1.82, 2.24) is 0 Å². The third-order valence-electron chi connectivity index (χ3n) is 4.80. The lowest BCUT2D eigenvalue weighted by Crippen LogP contribution is -1.99. The van der Waals surface area contributed by atoms with Crippen LogP contribution in [0.3, 0.4) is 0 Å². The monoisotopic (exact) mass is 354 g/mol. The number of benzene rings is 2. The van der Waals surface area contributed by atoms with Crippen molar-refractivity contribution in [3.05, 3.63) is 65.2 Å². The summed E-state index contributed by atoms with van der Waals surface area (Å²) >= 11 is 0. The van der Waals surface area contributed by atoms with Gasteiger partial charge in [-0.25, -0.2) is 4.79 Å². The fraction of sp³-hybridized carbons (Fsp3) is 0.435. The van der Waals surface area contributed by atoms with Crippen molar-refractivity contribution in [3.8, 4) is 5.75 Å². The predicted octanol–water partition coefficient (Wildman–Crippen LogP) is 6.43. The Kier molecular flexibility index (Phi) is 8.20. The van der Waals surface area contributed by atoms with Gasteiger partial charge >= 0.3 is 5.97 Å². The first-order valence-electron chi connectivity index (χ1n) is 9.65. The van der Waals surface area contributed by atoms with Gasteiger partial charge in [-0.05, 0) is 47.7 Å². The molecule has 0 radical (unpaired) electrons. The standard InChI is InChI=1S/C23H30O3/c1-3-4-5-6-7-8-18(2)20-13-15-22(16-14-20)26-17-19-9-11-21(12-10-19)23(24)25/h9-16,18H,3-8,17H2,1-2H3,(H,24,25). The molecule has 1 unspecified atom stereocenters. The Morgan fingerprint density at radius 1 is 0.962 bits per heavy atom. The molecule has 0 fully saturated rings. The van der Waals surface area contributed by atoms with Crippen LogP contribution in [0.2, 0.25) is 0 Å². The molecule has 3 nitrogen and oxygen atoms in total. The lowest BCUT2D eigenvalue weighted by Gasteiger charge is -2.13. The summed E-state index contributed by atoms with van der Waals surface area (Å²) in [6.07, 6.45) is 7.86. The second kappa shape index (κ2) is 10.6. The van der Waals surface area contributed by atoms with Crippen LogP contribution in [0.15, 0.2) is 48.5 Å². The maximum Gasteiger partial charge on any atom is 0.335 e. The maximum atomic E-state index is 10.9. The summed E-state index contributed by atoms with van der Waals surface area (Å²) in [5.41, 5.74) is 2.61. The molecule has 3 heteroatoms. The maximum absolute atomic E-state index is 10.9. The molecule has 0 spiro atoms. The molecule has 0 aliphatic heterocycles. The minimum absolute atomic E-state index is 0.293. The van der Waals surface area contributed by atoms with E-state index in [1.165, 1.54) is 44.1 Å². The summed E-state index contributed by atoms with van der Waals surface area (Å²) in [5, 5.41) is 8.92. The molecule has 2 rings (SSSR count). The summed E-state index contributed by atoms with van der Waals surface area (Å²) in [7, 11) is 0. The van der Waals surface area contributed by atoms with Gasteiger partial charge in [0.05, 0.1) is 5.56 Å². The van der Waals surface area contributed by atoms with E-state index in [2.05, 4.69) is 26.0 Å². The highest BCUT2D eigenvalue weighted by molar-refractivity contribution is 5.87. The molecule has 0 amide bonds. The molecule has 0 aromatic heterocycles. The molecular weight excluding hydrogens is 324 g/mol. The first-order chi connectivity index (χ1) is 12.6. The predicted molar refractivity (Wildman–Crippen MR) is 106 cm³/mol. The van der Waals surface area contributed by atoms with Gasteiger partial charge in [-0.15, -0.1) is 0 Å². The van der Waals surface area contributed by atoms with Gasteiger partial charge in [0.25, 0.3) is 0 Å². The van der Waals surface area contributed by atoms with Gasteiger partial charge in [0.1, 0.15) is 12.4 Å². The van der Waals surface area contributed by atoms with Crippen LogP contribution < -0.4 is 4.74 Å². The molecule has 26 heavy (non-hydrogen) atoms. The Labute approximate surface area is 157 Å². The fourth-order valence-electron chi connectivity index (χ4n) is 3.02. The van der Waals surface area contributed by atoms with E-state index in [9.17, 15) is 4.79 Å². The first-order valence-corrected chi connectivity index (χ1v) is 9.65. The number of unbranched alkanes of at least 4 members (excludes halogenated alkanes) is 4. The average molecular weight is 354 g/mol. The minimum Gasteiger partial charge on any atom is -0.489 e. The largest absolute Gasteiger partial charge is 0.489 e. The van der Waals surface area contributed by atoms with Crippen molar-refractivity contribution >= 4 is 5.97 Å². The van der Waals surface area contributed by atoms with Crippen LogP contribution in [0.5, 0.6) is 5.75 Å². The first kappa shape index (κ1) is 20.0. The topological polar surface area (TPSA) is 46.5 Å². The number of carboxylic acids is 1. The second-order valence-corrected chi connectivity index (χ2v) is 6.96. The van der Waals surface area contributed by atoms with Crippen LogP contribution in [-0.4, -0.2) is 11.1 Å². The number of hydrogen-bond donors (Lipinski definition) is 1. The Morgan fingerprint density at radius 3 is 2.23 bits per heavy atom. The van der Waals surface area contributed by atoms with Gasteiger partial charge in [0.15, 0.2) is 0 Å². The third-order valence-corrected chi connectivity index (χ3v) is 4.80.